The van der Waals surface area contributed by atoms with Gasteiger partial charge in [0.2, 0.25) is 0 Å². The first-order valence-corrected chi connectivity index (χ1v) is 7.27. The Hall–Kier alpha value is -2.57. The van der Waals surface area contributed by atoms with Crippen LogP contribution in [0.3, 0.4) is 0 Å². The molecule has 24 heavy (non-hydrogen) atoms. The number of hydrogen-bond donors (Lipinski definition) is 1. The molecule has 0 bridgehead atoms. The van der Waals surface area contributed by atoms with Crippen molar-refractivity contribution in [2.75, 3.05) is 0 Å². The van der Waals surface area contributed by atoms with Crippen LogP contribution >= 0.6 is 0 Å². The van der Waals surface area contributed by atoms with Crippen molar-refractivity contribution in [3.63, 3.8) is 0 Å². The number of benzene rings is 1. The summed E-state index contributed by atoms with van der Waals surface area (Å²) >= 11 is 0. The molecule has 0 fully saturated rings. The van der Waals surface area contributed by atoms with Crippen LogP contribution in [-0.2, 0) is 6.61 Å². The minimum atomic E-state index is -3.01. The summed E-state index contributed by atoms with van der Waals surface area (Å²) in [6.45, 7) is 2.06. The lowest BCUT2D eigenvalue weighted by Crippen LogP contribution is -2.43. The maximum Gasteiger partial charge on any atom is 0.264 e. The molecule has 0 saturated carbocycles. The van der Waals surface area contributed by atoms with Gasteiger partial charge in [0.25, 0.3) is 11.8 Å². The third-order valence-electron chi connectivity index (χ3n) is 3.38. The van der Waals surface area contributed by atoms with Gasteiger partial charge in [0.15, 0.2) is 0 Å². The van der Waals surface area contributed by atoms with Crippen molar-refractivity contribution in [1.29, 1.82) is 0 Å². The summed E-state index contributed by atoms with van der Waals surface area (Å²) in [4.78, 5) is 15.9. The summed E-state index contributed by atoms with van der Waals surface area (Å²) in [6.07, 6.45) is 1.28. The summed E-state index contributed by atoms with van der Waals surface area (Å²) in [5.41, 5.74) is 0.685. The molecule has 0 aliphatic heterocycles. The standard InChI is InChI=1S/C17H17F3N2O2/c1-11(17(2,19)20)22-16(23)12-6-7-14(21-9-12)10-24-15-5-3-4-13(18)8-15/h3-9,11H,10H2,1-2H3,(H,22,23). The molecule has 1 heterocycles. The maximum atomic E-state index is 13.1. The van der Waals surface area contributed by atoms with Crippen LogP contribution in [0.5, 0.6) is 5.75 Å². The molecule has 0 aliphatic carbocycles. The van der Waals surface area contributed by atoms with Gasteiger partial charge < -0.3 is 10.1 Å². The van der Waals surface area contributed by atoms with Gasteiger partial charge in [-0.3, -0.25) is 9.78 Å². The smallest absolute Gasteiger partial charge is 0.264 e. The first-order chi connectivity index (χ1) is 11.3. The van der Waals surface area contributed by atoms with Crippen molar-refractivity contribution in [3.05, 3.63) is 59.7 Å². The maximum absolute atomic E-state index is 13.1. The number of carbonyl (C=O) groups is 1. The molecule has 1 amide bonds. The third kappa shape index (κ3) is 4.97. The van der Waals surface area contributed by atoms with E-state index in [4.69, 9.17) is 4.74 Å². The van der Waals surface area contributed by atoms with Crippen molar-refractivity contribution in [2.24, 2.45) is 0 Å². The van der Waals surface area contributed by atoms with Crippen LogP contribution in [0.4, 0.5) is 13.2 Å². The lowest BCUT2D eigenvalue weighted by molar-refractivity contribution is -0.0108. The Morgan fingerprint density at radius 2 is 2.08 bits per heavy atom. The number of nitrogens with one attached hydrogen (secondary N) is 1. The lowest BCUT2D eigenvalue weighted by Gasteiger charge is -2.20. The number of aromatic nitrogens is 1. The fourth-order valence-corrected chi connectivity index (χ4v) is 1.76. The van der Waals surface area contributed by atoms with Gasteiger partial charge in [0.1, 0.15) is 18.2 Å². The highest BCUT2D eigenvalue weighted by Crippen LogP contribution is 2.17. The fraction of sp³-hybridized carbons (Fsp3) is 0.294. The minimum Gasteiger partial charge on any atom is -0.487 e. The SMILES string of the molecule is CC(NC(=O)c1ccc(COc2cccc(F)c2)nc1)C(C)(F)F. The summed E-state index contributed by atoms with van der Waals surface area (Å²) in [5, 5.41) is 2.22. The molecule has 2 aromatic rings. The molecule has 1 atom stereocenters. The van der Waals surface area contributed by atoms with Gasteiger partial charge in [-0.1, -0.05) is 6.07 Å². The zero-order valence-electron chi connectivity index (χ0n) is 13.2. The predicted molar refractivity (Wildman–Crippen MR) is 82.5 cm³/mol. The number of rotatable bonds is 6. The highest BCUT2D eigenvalue weighted by atomic mass is 19.3. The highest BCUT2D eigenvalue weighted by Gasteiger charge is 2.31. The number of amides is 1. The van der Waals surface area contributed by atoms with E-state index in [-0.39, 0.29) is 12.2 Å². The van der Waals surface area contributed by atoms with Crippen molar-refractivity contribution < 1.29 is 22.7 Å². The van der Waals surface area contributed by atoms with Crippen molar-refractivity contribution in [2.45, 2.75) is 32.4 Å². The van der Waals surface area contributed by atoms with Crippen LogP contribution in [0.15, 0.2) is 42.6 Å². The second kappa shape index (κ2) is 7.33. The van der Waals surface area contributed by atoms with E-state index in [2.05, 4.69) is 10.3 Å². The van der Waals surface area contributed by atoms with E-state index in [1.54, 1.807) is 12.1 Å². The summed E-state index contributed by atoms with van der Waals surface area (Å²) in [7, 11) is 0. The second-order valence-electron chi connectivity index (χ2n) is 5.44. The van der Waals surface area contributed by atoms with Gasteiger partial charge in [-0.15, -0.1) is 0 Å². The second-order valence-corrected chi connectivity index (χ2v) is 5.44. The number of carbonyl (C=O) groups excluding carboxylic acids is 1. The molecule has 1 unspecified atom stereocenters. The first kappa shape index (κ1) is 17.8. The Kier molecular flexibility index (Phi) is 5.43. The third-order valence-corrected chi connectivity index (χ3v) is 3.38. The molecule has 7 heteroatoms. The number of pyridine rings is 1. The quantitative estimate of drug-likeness (QED) is 0.876. The Labute approximate surface area is 137 Å². The lowest BCUT2D eigenvalue weighted by atomic mass is 10.1. The Balaban J connectivity index is 1.94. The molecule has 0 spiro atoms. The minimum absolute atomic E-state index is 0.0920. The van der Waals surface area contributed by atoms with Gasteiger partial charge in [-0.25, -0.2) is 13.2 Å². The van der Waals surface area contributed by atoms with E-state index < -0.39 is 23.7 Å². The molecule has 0 aliphatic rings. The fourth-order valence-electron chi connectivity index (χ4n) is 1.76. The summed E-state index contributed by atoms with van der Waals surface area (Å²) in [5.74, 6) is -3.69. The summed E-state index contributed by atoms with van der Waals surface area (Å²) in [6, 6.07) is 7.40. The summed E-state index contributed by atoms with van der Waals surface area (Å²) < 4.78 is 44.6. The molecule has 0 radical (unpaired) electrons. The van der Waals surface area contributed by atoms with Crippen molar-refractivity contribution >= 4 is 5.91 Å². The van der Waals surface area contributed by atoms with Gasteiger partial charge >= 0.3 is 0 Å². The Morgan fingerprint density at radius 3 is 2.67 bits per heavy atom. The van der Waals surface area contributed by atoms with E-state index in [0.29, 0.717) is 11.4 Å². The normalized spacial score (nSPS) is 12.5. The van der Waals surface area contributed by atoms with Gasteiger partial charge in [0.05, 0.1) is 17.3 Å². The average molecular weight is 338 g/mol. The van der Waals surface area contributed by atoms with Crippen LogP contribution in [0.25, 0.3) is 0 Å². The molecule has 1 N–H and O–H groups in total. The average Bonchev–Trinajstić information content (AvgIpc) is 2.52. The van der Waals surface area contributed by atoms with Crippen LogP contribution < -0.4 is 10.1 Å². The molecule has 1 aromatic carbocycles. The Morgan fingerprint density at radius 1 is 1.33 bits per heavy atom. The molecule has 4 nitrogen and oxygen atoms in total. The number of hydrogen-bond acceptors (Lipinski definition) is 3. The highest BCUT2D eigenvalue weighted by molar-refractivity contribution is 5.94. The number of halogens is 3. The van der Waals surface area contributed by atoms with Crippen LogP contribution in [0.1, 0.15) is 29.9 Å². The number of ether oxygens (including phenoxy) is 1. The van der Waals surface area contributed by atoms with Gasteiger partial charge in [0, 0.05) is 19.2 Å². The van der Waals surface area contributed by atoms with E-state index in [0.717, 1.165) is 6.92 Å². The molecular formula is C17H17F3N2O2. The predicted octanol–water partition coefficient (Wildman–Crippen LogP) is 3.57. The zero-order valence-corrected chi connectivity index (χ0v) is 13.2. The molecular weight excluding hydrogens is 321 g/mol. The molecule has 128 valence electrons. The van der Waals surface area contributed by atoms with Gasteiger partial charge in [-0.05, 0) is 31.2 Å². The van der Waals surface area contributed by atoms with Crippen LogP contribution in [0, 0.1) is 5.82 Å². The number of nitrogens with zero attached hydrogens (tertiary/aromatic N) is 1. The number of alkyl halides is 2. The van der Waals surface area contributed by atoms with E-state index in [9.17, 15) is 18.0 Å². The largest absolute Gasteiger partial charge is 0.487 e. The topological polar surface area (TPSA) is 51.2 Å². The molecule has 1 aromatic heterocycles. The first-order valence-electron chi connectivity index (χ1n) is 7.27. The van der Waals surface area contributed by atoms with Crippen molar-refractivity contribution in [3.8, 4) is 5.75 Å². The van der Waals surface area contributed by atoms with E-state index in [1.165, 1.54) is 37.4 Å². The van der Waals surface area contributed by atoms with E-state index in [1.807, 2.05) is 0 Å². The molecule has 0 saturated heterocycles. The van der Waals surface area contributed by atoms with E-state index >= 15 is 0 Å². The monoisotopic (exact) mass is 338 g/mol. The van der Waals surface area contributed by atoms with Crippen molar-refractivity contribution in [1.82, 2.24) is 10.3 Å². The Bertz CT molecular complexity index is 700. The molecule has 2 rings (SSSR count). The van der Waals surface area contributed by atoms with Crippen LogP contribution in [-0.4, -0.2) is 22.9 Å². The van der Waals surface area contributed by atoms with Crippen LogP contribution in [0.2, 0.25) is 0 Å². The zero-order chi connectivity index (χ0) is 17.7. The van der Waals surface area contributed by atoms with Gasteiger partial charge in [-0.2, -0.15) is 0 Å².